The van der Waals surface area contributed by atoms with Gasteiger partial charge in [-0.2, -0.15) is 5.10 Å². The van der Waals surface area contributed by atoms with E-state index in [9.17, 15) is 5.11 Å². The SMILES string of the molecule is CC1CN(CC(O)CN2CC(n3cccn3)C2)CC(C)O1. The van der Waals surface area contributed by atoms with Gasteiger partial charge < -0.3 is 9.84 Å². The summed E-state index contributed by atoms with van der Waals surface area (Å²) in [6.45, 7) is 9.47. The highest BCUT2D eigenvalue weighted by Crippen LogP contribution is 2.20. The number of aliphatic hydroxyl groups is 1. The van der Waals surface area contributed by atoms with Crippen molar-refractivity contribution in [3.8, 4) is 0 Å². The van der Waals surface area contributed by atoms with E-state index in [0.29, 0.717) is 6.04 Å². The summed E-state index contributed by atoms with van der Waals surface area (Å²) in [5.41, 5.74) is 0. The number of hydrogen-bond acceptors (Lipinski definition) is 5. The van der Waals surface area contributed by atoms with Gasteiger partial charge in [0.2, 0.25) is 0 Å². The lowest BCUT2D eigenvalue weighted by atomic mass is 10.1. The van der Waals surface area contributed by atoms with Crippen LogP contribution in [-0.4, -0.2) is 82.3 Å². The van der Waals surface area contributed by atoms with Crippen LogP contribution in [0.25, 0.3) is 0 Å². The fourth-order valence-electron chi connectivity index (χ4n) is 3.44. The van der Waals surface area contributed by atoms with Gasteiger partial charge in [0.05, 0.1) is 24.4 Å². The quantitative estimate of drug-likeness (QED) is 0.841. The second-order valence-corrected chi connectivity index (χ2v) is 6.49. The van der Waals surface area contributed by atoms with Crippen molar-refractivity contribution in [3.63, 3.8) is 0 Å². The fraction of sp³-hybridized carbons (Fsp3) is 0.800. The normalized spacial score (nSPS) is 30.2. The average Bonchev–Trinajstić information content (AvgIpc) is 2.85. The molecular weight excluding hydrogens is 268 g/mol. The molecule has 2 saturated heterocycles. The zero-order valence-electron chi connectivity index (χ0n) is 12.9. The van der Waals surface area contributed by atoms with E-state index in [4.69, 9.17) is 4.74 Å². The van der Waals surface area contributed by atoms with Crippen LogP contribution in [0, 0.1) is 0 Å². The Hall–Kier alpha value is -0.950. The van der Waals surface area contributed by atoms with Crippen molar-refractivity contribution in [2.24, 2.45) is 0 Å². The van der Waals surface area contributed by atoms with Crippen LogP contribution in [0.15, 0.2) is 18.5 Å². The largest absolute Gasteiger partial charge is 0.390 e. The van der Waals surface area contributed by atoms with Gasteiger partial charge in [0, 0.05) is 51.7 Å². The minimum Gasteiger partial charge on any atom is -0.390 e. The topological polar surface area (TPSA) is 53.8 Å². The fourth-order valence-corrected chi connectivity index (χ4v) is 3.44. The molecule has 118 valence electrons. The molecule has 1 N–H and O–H groups in total. The van der Waals surface area contributed by atoms with Gasteiger partial charge in [0.25, 0.3) is 0 Å². The molecule has 2 aliphatic rings. The Balaban J connectivity index is 1.38. The van der Waals surface area contributed by atoms with Crippen LogP contribution >= 0.6 is 0 Å². The predicted octanol–water partition coefficient (Wildman–Crippen LogP) is 0.210. The van der Waals surface area contributed by atoms with Crippen molar-refractivity contribution >= 4 is 0 Å². The lowest BCUT2D eigenvalue weighted by molar-refractivity contribution is -0.0798. The van der Waals surface area contributed by atoms with Gasteiger partial charge in [-0.3, -0.25) is 14.5 Å². The first-order valence-electron chi connectivity index (χ1n) is 7.87. The molecule has 6 nitrogen and oxygen atoms in total. The van der Waals surface area contributed by atoms with Gasteiger partial charge in [0.1, 0.15) is 0 Å². The summed E-state index contributed by atoms with van der Waals surface area (Å²) in [6.07, 6.45) is 4.05. The molecule has 0 saturated carbocycles. The Kier molecular flexibility index (Phi) is 4.59. The molecular formula is C15H26N4O2. The lowest BCUT2D eigenvalue weighted by Gasteiger charge is -2.41. The zero-order chi connectivity index (χ0) is 14.8. The summed E-state index contributed by atoms with van der Waals surface area (Å²) in [7, 11) is 0. The van der Waals surface area contributed by atoms with Gasteiger partial charge in [-0.05, 0) is 19.9 Å². The van der Waals surface area contributed by atoms with Crippen molar-refractivity contribution in [1.82, 2.24) is 19.6 Å². The summed E-state index contributed by atoms with van der Waals surface area (Å²) in [6, 6.07) is 2.42. The highest BCUT2D eigenvalue weighted by atomic mass is 16.5. The van der Waals surface area contributed by atoms with Crippen molar-refractivity contribution in [2.45, 2.75) is 38.2 Å². The summed E-state index contributed by atoms with van der Waals surface area (Å²) in [5.74, 6) is 0. The van der Waals surface area contributed by atoms with E-state index >= 15 is 0 Å². The minimum atomic E-state index is -0.291. The monoisotopic (exact) mass is 294 g/mol. The molecule has 0 amide bonds. The highest BCUT2D eigenvalue weighted by Gasteiger charge is 2.31. The Morgan fingerprint density at radius 2 is 1.76 bits per heavy atom. The van der Waals surface area contributed by atoms with E-state index in [1.807, 2.05) is 23.1 Å². The number of aliphatic hydroxyl groups excluding tert-OH is 1. The maximum absolute atomic E-state index is 10.3. The number of ether oxygens (including phenoxy) is 1. The second-order valence-electron chi connectivity index (χ2n) is 6.49. The maximum atomic E-state index is 10.3. The average molecular weight is 294 g/mol. The van der Waals surface area contributed by atoms with Crippen molar-refractivity contribution in [2.75, 3.05) is 39.3 Å². The van der Waals surface area contributed by atoms with Crippen LogP contribution in [0.4, 0.5) is 0 Å². The Bertz CT molecular complexity index is 423. The van der Waals surface area contributed by atoms with Crippen LogP contribution in [-0.2, 0) is 4.74 Å². The molecule has 2 aliphatic heterocycles. The molecule has 1 aromatic rings. The first-order valence-corrected chi connectivity index (χ1v) is 7.87. The molecule has 0 bridgehead atoms. The number of likely N-dealkylation sites (tertiary alicyclic amines) is 1. The molecule has 21 heavy (non-hydrogen) atoms. The molecule has 3 heterocycles. The van der Waals surface area contributed by atoms with Gasteiger partial charge >= 0.3 is 0 Å². The second kappa shape index (κ2) is 6.44. The molecule has 2 fully saturated rings. The van der Waals surface area contributed by atoms with Crippen LogP contribution in [0.3, 0.4) is 0 Å². The number of rotatable bonds is 5. The smallest absolute Gasteiger partial charge is 0.0793 e. The van der Waals surface area contributed by atoms with Crippen LogP contribution < -0.4 is 0 Å². The number of nitrogens with zero attached hydrogens (tertiary/aromatic N) is 4. The van der Waals surface area contributed by atoms with Crippen molar-refractivity contribution in [1.29, 1.82) is 0 Å². The molecule has 3 atom stereocenters. The predicted molar refractivity (Wildman–Crippen MR) is 80.2 cm³/mol. The van der Waals surface area contributed by atoms with Crippen LogP contribution in [0.5, 0.6) is 0 Å². The third kappa shape index (κ3) is 3.83. The highest BCUT2D eigenvalue weighted by molar-refractivity contribution is 4.90. The molecule has 1 aromatic heterocycles. The van der Waals surface area contributed by atoms with E-state index in [2.05, 4.69) is 28.7 Å². The Labute approximate surface area is 126 Å². The molecule has 3 unspecified atom stereocenters. The third-order valence-electron chi connectivity index (χ3n) is 4.27. The standard InChI is InChI=1S/C15H26N4O2/c1-12-6-17(7-13(2)21-12)10-15(20)11-18-8-14(9-18)19-5-3-4-16-19/h3-5,12-15,20H,6-11H2,1-2H3. The molecule has 0 aromatic carbocycles. The van der Waals surface area contributed by atoms with Gasteiger partial charge in [-0.25, -0.2) is 0 Å². The van der Waals surface area contributed by atoms with E-state index in [1.54, 1.807) is 0 Å². The van der Waals surface area contributed by atoms with E-state index < -0.39 is 0 Å². The summed E-state index contributed by atoms with van der Waals surface area (Å²) in [4.78, 5) is 4.61. The number of hydrogen-bond donors (Lipinski definition) is 1. The van der Waals surface area contributed by atoms with Gasteiger partial charge in [0.15, 0.2) is 0 Å². The molecule has 6 heteroatoms. The first-order chi connectivity index (χ1) is 10.1. The van der Waals surface area contributed by atoms with Crippen LogP contribution in [0.1, 0.15) is 19.9 Å². The number of morpholine rings is 1. The Morgan fingerprint density at radius 1 is 1.14 bits per heavy atom. The van der Waals surface area contributed by atoms with Gasteiger partial charge in [-0.1, -0.05) is 0 Å². The molecule has 3 rings (SSSR count). The molecule has 0 aliphatic carbocycles. The maximum Gasteiger partial charge on any atom is 0.0793 e. The van der Waals surface area contributed by atoms with Crippen molar-refractivity contribution < 1.29 is 9.84 Å². The lowest BCUT2D eigenvalue weighted by Crippen LogP contribution is -2.54. The van der Waals surface area contributed by atoms with Crippen molar-refractivity contribution in [3.05, 3.63) is 18.5 Å². The minimum absolute atomic E-state index is 0.258. The molecule has 0 radical (unpaired) electrons. The number of β-amino-alcohol motifs (C(OH)–C–C–N with tert-alkyl or cyclic N) is 1. The zero-order valence-corrected chi connectivity index (χ0v) is 12.9. The third-order valence-corrected chi connectivity index (χ3v) is 4.27. The Morgan fingerprint density at radius 3 is 2.33 bits per heavy atom. The van der Waals surface area contributed by atoms with E-state index in [-0.39, 0.29) is 18.3 Å². The summed E-state index contributed by atoms with van der Waals surface area (Å²) < 4.78 is 7.73. The summed E-state index contributed by atoms with van der Waals surface area (Å²) >= 11 is 0. The van der Waals surface area contributed by atoms with Gasteiger partial charge in [-0.15, -0.1) is 0 Å². The number of aromatic nitrogens is 2. The van der Waals surface area contributed by atoms with Crippen LogP contribution in [0.2, 0.25) is 0 Å². The first kappa shape index (κ1) is 15.0. The van der Waals surface area contributed by atoms with E-state index in [1.165, 1.54) is 0 Å². The summed E-state index contributed by atoms with van der Waals surface area (Å²) in [5, 5.41) is 14.5. The molecule has 0 spiro atoms. The van der Waals surface area contributed by atoms with E-state index in [0.717, 1.165) is 39.3 Å².